The number of benzene rings is 2. The Hall–Kier alpha value is -2.13. The minimum absolute atomic E-state index is 0.0289. The Labute approximate surface area is 154 Å². The van der Waals surface area contributed by atoms with Crippen molar-refractivity contribution in [3.8, 4) is 0 Å². The first-order valence-electron chi connectivity index (χ1n) is 8.29. The maximum absolute atomic E-state index is 13.0. The molecule has 4 heteroatoms. The van der Waals surface area contributed by atoms with Crippen molar-refractivity contribution in [3.63, 3.8) is 0 Å². The van der Waals surface area contributed by atoms with Crippen molar-refractivity contribution in [1.29, 1.82) is 0 Å². The van der Waals surface area contributed by atoms with Crippen LogP contribution in [0.4, 0.5) is 0 Å². The maximum atomic E-state index is 13.0. The Morgan fingerprint density at radius 3 is 2.40 bits per heavy atom. The van der Waals surface area contributed by atoms with Gasteiger partial charge in [-0.3, -0.25) is 0 Å². The summed E-state index contributed by atoms with van der Waals surface area (Å²) in [4.78, 5) is 14.7. The van der Waals surface area contributed by atoms with Gasteiger partial charge in [-0.25, -0.2) is 0 Å². The summed E-state index contributed by atoms with van der Waals surface area (Å²) < 4.78 is 1.97. The van der Waals surface area contributed by atoms with E-state index < -0.39 is 6.10 Å². The molecule has 1 aliphatic heterocycles. The van der Waals surface area contributed by atoms with E-state index in [2.05, 4.69) is 0 Å². The molecule has 0 radical (unpaired) electrons. The van der Waals surface area contributed by atoms with Crippen LogP contribution in [0.1, 0.15) is 12.5 Å². The first-order valence-corrected chi connectivity index (χ1v) is 10.0. The third-order valence-electron chi connectivity index (χ3n) is 4.06. The summed E-state index contributed by atoms with van der Waals surface area (Å²) in [6.07, 6.45) is 4.82. The fourth-order valence-electron chi connectivity index (χ4n) is 2.84. The van der Waals surface area contributed by atoms with Crippen LogP contribution < -0.4 is 4.46 Å². The van der Waals surface area contributed by atoms with Gasteiger partial charge in [0.1, 0.15) is 0 Å². The normalized spacial score (nSPS) is 18.6. The van der Waals surface area contributed by atoms with Gasteiger partial charge in [0.25, 0.3) is 0 Å². The van der Waals surface area contributed by atoms with Crippen LogP contribution >= 0.6 is 0 Å². The molecule has 0 aromatic heterocycles. The number of rotatable bonds is 6. The van der Waals surface area contributed by atoms with E-state index in [0.717, 1.165) is 14.5 Å². The molecule has 1 amide bonds. The molecule has 128 valence electrons. The predicted molar refractivity (Wildman–Crippen MR) is 102 cm³/mol. The van der Waals surface area contributed by atoms with Crippen LogP contribution in [0.3, 0.4) is 0 Å². The second kappa shape index (κ2) is 8.30. The second-order valence-electron chi connectivity index (χ2n) is 5.87. The summed E-state index contributed by atoms with van der Waals surface area (Å²) in [5.74, 6) is 0.0289. The molecule has 0 unspecified atom stereocenters. The molecule has 1 N–H and O–H groups in total. The van der Waals surface area contributed by atoms with Crippen LogP contribution in [0.25, 0.3) is 0 Å². The van der Waals surface area contributed by atoms with Crippen molar-refractivity contribution in [2.75, 3.05) is 0 Å². The van der Waals surface area contributed by atoms with Gasteiger partial charge in [-0.2, -0.15) is 0 Å². The molecular formula is C21H21NO2Se. The molecule has 2 aromatic rings. The van der Waals surface area contributed by atoms with Crippen LogP contribution in [0.5, 0.6) is 0 Å². The number of aliphatic hydroxyl groups excluding tert-OH is 1. The minimum atomic E-state index is -0.693. The monoisotopic (exact) mass is 399 g/mol. The van der Waals surface area contributed by atoms with E-state index in [4.69, 9.17) is 0 Å². The fourth-order valence-corrected chi connectivity index (χ4v) is 4.85. The molecule has 0 spiro atoms. The summed E-state index contributed by atoms with van der Waals surface area (Å²) in [7, 11) is 0. The average molecular weight is 398 g/mol. The van der Waals surface area contributed by atoms with E-state index in [0.29, 0.717) is 6.54 Å². The van der Waals surface area contributed by atoms with Crippen molar-refractivity contribution in [2.45, 2.75) is 25.6 Å². The predicted octanol–water partition coefficient (Wildman–Crippen LogP) is 2.25. The number of hydrogen-bond donors (Lipinski definition) is 1. The van der Waals surface area contributed by atoms with Gasteiger partial charge in [-0.15, -0.1) is 0 Å². The summed E-state index contributed by atoms with van der Waals surface area (Å²) in [5.41, 5.74) is 1.07. The number of carbonyl (C=O) groups excluding carboxylic acids is 1. The topological polar surface area (TPSA) is 40.5 Å². The third-order valence-corrected chi connectivity index (χ3v) is 6.24. The molecule has 2 aromatic carbocycles. The number of amides is 1. The Morgan fingerprint density at radius 1 is 1.12 bits per heavy atom. The summed E-state index contributed by atoms with van der Waals surface area (Å²) in [5, 5.41) is 10.5. The standard InChI is InChI=1S/C21H21NO2Se/c1-2-9-19(23)18-14-20(25-17-12-7-4-8-13-17)21(24)22(18)15-16-10-5-3-6-11-16/h2-14,18-19,23H,15H2,1H3/b9-2+/t18-,19-/m1/s1. The third kappa shape index (κ3) is 4.29. The van der Waals surface area contributed by atoms with Gasteiger partial charge < -0.3 is 0 Å². The van der Waals surface area contributed by atoms with Gasteiger partial charge in [0, 0.05) is 0 Å². The van der Waals surface area contributed by atoms with Gasteiger partial charge in [-0.05, 0) is 0 Å². The van der Waals surface area contributed by atoms with Gasteiger partial charge in [0.15, 0.2) is 0 Å². The van der Waals surface area contributed by atoms with Crippen LogP contribution in [0, 0.1) is 0 Å². The first kappa shape index (κ1) is 17.7. The van der Waals surface area contributed by atoms with Gasteiger partial charge in [-0.1, -0.05) is 0 Å². The molecule has 0 fully saturated rings. The van der Waals surface area contributed by atoms with Crippen LogP contribution in [0.2, 0.25) is 0 Å². The van der Waals surface area contributed by atoms with Crippen LogP contribution in [0.15, 0.2) is 83.4 Å². The molecule has 1 heterocycles. The first-order chi connectivity index (χ1) is 12.2. The molecular weight excluding hydrogens is 377 g/mol. The second-order valence-corrected chi connectivity index (χ2v) is 8.21. The molecule has 0 saturated heterocycles. The van der Waals surface area contributed by atoms with Gasteiger partial charge >= 0.3 is 155 Å². The van der Waals surface area contributed by atoms with E-state index in [1.165, 1.54) is 0 Å². The Morgan fingerprint density at radius 2 is 1.76 bits per heavy atom. The average Bonchev–Trinajstić information content (AvgIpc) is 2.93. The number of aliphatic hydroxyl groups is 1. The molecule has 0 bridgehead atoms. The number of nitrogens with zero attached hydrogens (tertiary/aromatic N) is 1. The quantitative estimate of drug-likeness (QED) is 0.599. The van der Waals surface area contributed by atoms with Gasteiger partial charge in [0.2, 0.25) is 0 Å². The summed E-state index contributed by atoms with van der Waals surface area (Å²) >= 11 is -0.0579. The van der Waals surface area contributed by atoms with E-state index >= 15 is 0 Å². The summed E-state index contributed by atoms with van der Waals surface area (Å²) in [6.45, 7) is 2.38. The molecule has 0 saturated carbocycles. The zero-order chi connectivity index (χ0) is 17.6. The molecule has 3 nitrogen and oxygen atoms in total. The van der Waals surface area contributed by atoms with Gasteiger partial charge in [0.05, 0.1) is 0 Å². The van der Waals surface area contributed by atoms with Crippen molar-refractivity contribution >= 4 is 25.3 Å². The molecule has 3 rings (SSSR count). The Balaban J connectivity index is 1.84. The van der Waals surface area contributed by atoms with Crippen molar-refractivity contribution < 1.29 is 9.90 Å². The summed E-state index contributed by atoms with van der Waals surface area (Å²) in [6, 6.07) is 19.6. The SMILES string of the molecule is C/C=C/[C@@H](O)[C@H]1C=C([Se]c2ccccc2)C(=O)N1Cc1ccccc1. The van der Waals surface area contributed by atoms with Crippen LogP contribution in [-0.2, 0) is 11.3 Å². The number of carbonyl (C=O) groups is 1. The van der Waals surface area contributed by atoms with Crippen LogP contribution in [-0.4, -0.2) is 43.0 Å². The Kier molecular flexibility index (Phi) is 5.87. The van der Waals surface area contributed by atoms with E-state index in [9.17, 15) is 9.90 Å². The zero-order valence-electron chi connectivity index (χ0n) is 14.1. The zero-order valence-corrected chi connectivity index (χ0v) is 15.8. The van der Waals surface area contributed by atoms with Crippen molar-refractivity contribution in [2.24, 2.45) is 0 Å². The molecule has 1 aliphatic rings. The molecule has 0 aliphatic carbocycles. The van der Waals surface area contributed by atoms with E-state index in [1.807, 2.05) is 79.7 Å². The molecule has 2 atom stereocenters. The van der Waals surface area contributed by atoms with E-state index in [1.54, 1.807) is 11.0 Å². The van der Waals surface area contributed by atoms with E-state index in [-0.39, 0.29) is 26.9 Å². The Bertz CT molecular complexity index is 771. The number of hydrogen-bond acceptors (Lipinski definition) is 2. The number of allylic oxidation sites excluding steroid dienone is 1. The molecule has 25 heavy (non-hydrogen) atoms. The van der Waals surface area contributed by atoms with Crippen molar-refractivity contribution in [3.05, 3.63) is 88.9 Å². The fraction of sp³-hybridized carbons (Fsp3) is 0.190. The van der Waals surface area contributed by atoms with Crippen molar-refractivity contribution in [1.82, 2.24) is 4.90 Å².